The third kappa shape index (κ3) is 5.60. The van der Waals surface area contributed by atoms with Crippen LogP contribution in [0.4, 0.5) is 9.18 Å². The summed E-state index contributed by atoms with van der Waals surface area (Å²) < 4.78 is 14.1. The molecule has 0 aromatic heterocycles. The van der Waals surface area contributed by atoms with Crippen molar-refractivity contribution in [3.63, 3.8) is 0 Å². The number of hydrogen-bond acceptors (Lipinski definition) is 2. The molecule has 2 amide bonds. The van der Waals surface area contributed by atoms with Gasteiger partial charge in [-0.2, -0.15) is 0 Å². The molecule has 1 saturated heterocycles. The third-order valence-electron chi connectivity index (χ3n) is 4.95. The maximum absolute atomic E-state index is 14.1. The van der Waals surface area contributed by atoms with E-state index >= 15 is 0 Å². The number of likely N-dealkylation sites (tertiary alicyclic amines) is 1. The number of nitrogens with two attached hydrogens (primary N) is 1. The van der Waals surface area contributed by atoms with Crippen molar-refractivity contribution < 1.29 is 9.18 Å². The van der Waals surface area contributed by atoms with Crippen LogP contribution in [-0.4, -0.2) is 48.6 Å². The Labute approximate surface area is 181 Å². The number of carbonyl (C=O) groups is 1. The standard InChI is InChI=1S/C18H25ClFN5O.HI/c1-2-22-18(23-11-6-8-25(9-7-11)17(21)26)24-15-10-12(15)16-13(19)4-3-5-14(16)20;/h3-5,11-12,15H,2,6-10H2,1H3,(H2,21,26)(H2,22,23,24);1H. The van der Waals surface area contributed by atoms with Gasteiger partial charge < -0.3 is 21.3 Å². The zero-order valence-corrected chi connectivity index (χ0v) is 18.3. The Morgan fingerprint density at radius 3 is 2.67 bits per heavy atom. The van der Waals surface area contributed by atoms with Gasteiger partial charge in [0, 0.05) is 48.2 Å². The van der Waals surface area contributed by atoms with Crippen LogP contribution in [0.5, 0.6) is 0 Å². The number of benzene rings is 1. The lowest BCUT2D eigenvalue weighted by molar-refractivity contribution is 0.188. The number of halogens is 3. The van der Waals surface area contributed by atoms with Crippen molar-refractivity contribution in [2.24, 2.45) is 10.7 Å². The first-order valence-corrected chi connectivity index (χ1v) is 9.43. The molecule has 150 valence electrons. The summed E-state index contributed by atoms with van der Waals surface area (Å²) in [6.45, 7) is 3.90. The van der Waals surface area contributed by atoms with Crippen molar-refractivity contribution in [1.29, 1.82) is 0 Å². The fraction of sp³-hybridized carbons (Fsp3) is 0.556. The van der Waals surface area contributed by atoms with Crippen molar-refractivity contribution in [2.45, 2.75) is 44.2 Å². The van der Waals surface area contributed by atoms with Crippen LogP contribution in [0.1, 0.15) is 37.7 Å². The minimum Gasteiger partial charge on any atom is -0.354 e. The lowest BCUT2D eigenvalue weighted by atomic mass is 10.1. The summed E-state index contributed by atoms with van der Waals surface area (Å²) in [5.41, 5.74) is 5.90. The number of aliphatic imine (C=N–C) groups is 1. The topological polar surface area (TPSA) is 82.8 Å². The number of amides is 2. The van der Waals surface area contributed by atoms with E-state index < -0.39 is 0 Å². The fourth-order valence-corrected chi connectivity index (χ4v) is 3.75. The molecule has 0 spiro atoms. The zero-order valence-electron chi connectivity index (χ0n) is 15.3. The van der Waals surface area contributed by atoms with E-state index in [4.69, 9.17) is 17.3 Å². The number of carbonyl (C=O) groups excluding carboxylic acids is 1. The predicted octanol–water partition coefficient (Wildman–Crippen LogP) is 3.05. The molecule has 2 fully saturated rings. The summed E-state index contributed by atoms with van der Waals surface area (Å²) in [7, 11) is 0. The van der Waals surface area contributed by atoms with Crippen LogP contribution in [0.3, 0.4) is 0 Å². The van der Waals surface area contributed by atoms with Gasteiger partial charge >= 0.3 is 6.03 Å². The van der Waals surface area contributed by atoms with Crippen molar-refractivity contribution >= 4 is 47.6 Å². The van der Waals surface area contributed by atoms with Crippen LogP contribution in [0, 0.1) is 5.82 Å². The van der Waals surface area contributed by atoms with Crippen LogP contribution in [-0.2, 0) is 0 Å². The molecule has 3 rings (SSSR count). The van der Waals surface area contributed by atoms with Gasteiger partial charge in [0.05, 0.1) is 0 Å². The number of guanidine groups is 1. The van der Waals surface area contributed by atoms with Crippen LogP contribution < -0.4 is 16.4 Å². The fourth-order valence-electron chi connectivity index (χ4n) is 3.44. The molecule has 1 aliphatic carbocycles. The van der Waals surface area contributed by atoms with Gasteiger partial charge in [-0.15, -0.1) is 24.0 Å². The first-order valence-electron chi connectivity index (χ1n) is 9.05. The van der Waals surface area contributed by atoms with Crippen molar-refractivity contribution in [2.75, 3.05) is 19.6 Å². The zero-order chi connectivity index (χ0) is 18.7. The van der Waals surface area contributed by atoms with Crippen LogP contribution >= 0.6 is 35.6 Å². The van der Waals surface area contributed by atoms with Crippen LogP contribution in [0.25, 0.3) is 0 Å². The molecule has 1 heterocycles. The van der Waals surface area contributed by atoms with Gasteiger partial charge in [-0.3, -0.25) is 4.99 Å². The molecule has 2 aliphatic rings. The van der Waals surface area contributed by atoms with E-state index in [1.165, 1.54) is 6.07 Å². The SMILES string of the molecule is CCN=C(NC1CCN(C(N)=O)CC1)NC1CC1c1c(F)cccc1Cl.I. The molecule has 1 aromatic carbocycles. The largest absolute Gasteiger partial charge is 0.354 e. The van der Waals surface area contributed by atoms with E-state index in [0.717, 1.165) is 25.2 Å². The predicted molar refractivity (Wildman–Crippen MR) is 116 cm³/mol. The van der Waals surface area contributed by atoms with Gasteiger partial charge in [0.15, 0.2) is 5.96 Å². The van der Waals surface area contributed by atoms with Gasteiger partial charge in [0.25, 0.3) is 0 Å². The van der Waals surface area contributed by atoms with E-state index in [1.807, 2.05) is 6.92 Å². The second-order valence-corrected chi connectivity index (χ2v) is 7.20. The smallest absolute Gasteiger partial charge is 0.314 e. The number of hydrogen-bond donors (Lipinski definition) is 3. The van der Waals surface area contributed by atoms with Crippen molar-refractivity contribution in [3.05, 3.63) is 34.6 Å². The van der Waals surface area contributed by atoms with E-state index in [1.54, 1.807) is 17.0 Å². The highest BCUT2D eigenvalue weighted by Crippen LogP contribution is 2.44. The maximum atomic E-state index is 14.1. The quantitative estimate of drug-likeness (QED) is 0.331. The van der Waals surface area contributed by atoms with Gasteiger partial charge in [0.1, 0.15) is 5.82 Å². The van der Waals surface area contributed by atoms with E-state index in [0.29, 0.717) is 30.2 Å². The highest BCUT2D eigenvalue weighted by Gasteiger charge is 2.42. The van der Waals surface area contributed by atoms with E-state index in [9.17, 15) is 9.18 Å². The van der Waals surface area contributed by atoms with Crippen LogP contribution in [0.2, 0.25) is 5.02 Å². The highest BCUT2D eigenvalue weighted by molar-refractivity contribution is 14.0. The molecule has 4 N–H and O–H groups in total. The summed E-state index contributed by atoms with van der Waals surface area (Å²) in [5.74, 6) is 0.529. The summed E-state index contributed by atoms with van der Waals surface area (Å²) in [5, 5.41) is 7.28. The minimum atomic E-state index is -0.369. The Morgan fingerprint density at radius 1 is 1.37 bits per heavy atom. The van der Waals surface area contributed by atoms with Crippen LogP contribution in [0.15, 0.2) is 23.2 Å². The van der Waals surface area contributed by atoms with Crippen molar-refractivity contribution in [3.8, 4) is 0 Å². The van der Waals surface area contributed by atoms with E-state index in [-0.39, 0.29) is 53.8 Å². The lowest BCUT2D eigenvalue weighted by Crippen LogP contribution is -2.51. The molecule has 27 heavy (non-hydrogen) atoms. The minimum absolute atomic E-state index is 0. The highest BCUT2D eigenvalue weighted by atomic mass is 127. The number of primary amides is 1. The molecule has 1 aliphatic heterocycles. The number of rotatable bonds is 4. The Bertz CT molecular complexity index is 676. The Hall–Kier alpha value is -1.29. The number of piperidine rings is 1. The molecule has 1 saturated carbocycles. The Morgan fingerprint density at radius 2 is 2.07 bits per heavy atom. The van der Waals surface area contributed by atoms with Gasteiger partial charge in [-0.05, 0) is 38.3 Å². The monoisotopic (exact) mass is 509 g/mol. The molecule has 6 nitrogen and oxygen atoms in total. The Kier molecular flexibility index (Phi) is 7.96. The maximum Gasteiger partial charge on any atom is 0.314 e. The molecule has 2 unspecified atom stereocenters. The summed E-state index contributed by atoms with van der Waals surface area (Å²) in [6, 6.07) is 4.77. The second-order valence-electron chi connectivity index (χ2n) is 6.80. The number of urea groups is 1. The van der Waals surface area contributed by atoms with Gasteiger partial charge in [-0.1, -0.05) is 17.7 Å². The van der Waals surface area contributed by atoms with Gasteiger partial charge in [-0.25, -0.2) is 9.18 Å². The van der Waals surface area contributed by atoms with Crippen molar-refractivity contribution in [1.82, 2.24) is 15.5 Å². The molecular weight excluding hydrogens is 484 g/mol. The normalized spacial score (nSPS) is 22.8. The summed E-state index contributed by atoms with van der Waals surface area (Å²) in [6.07, 6.45) is 2.46. The molecule has 0 bridgehead atoms. The molecule has 0 radical (unpaired) electrons. The molecular formula is C18H26ClFIN5O. The first kappa shape index (κ1) is 22.0. The average molecular weight is 510 g/mol. The Balaban J connectivity index is 0.00000261. The second kappa shape index (κ2) is 9.77. The first-order chi connectivity index (χ1) is 12.5. The molecule has 2 atom stereocenters. The van der Waals surface area contributed by atoms with Gasteiger partial charge in [0.2, 0.25) is 0 Å². The lowest BCUT2D eigenvalue weighted by Gasteiger charge is -2.32. The molecule has 1 aromatic rings. The number of nitrogens with one attached hydrogen (secondary N) is 2. The van der Waals surface area contributed by atoms with E-state index in [2.05, 4.69) is 15.6 Å². The number of nitrogens with zero attached hydrogens (tertiary/aromatic N) is 2. The summed E-state index contributed by atoms with van der Waals surface area (Å²) >= 11 is 6.17. The molecule has 9 heteroatoms. The average Bonchev–Trinajstić information content (AvgIpc) is 3.34. The summed E-state index contributed by atoms with van der Waals surface area (Å²) in [4.78, 5) is 17.4. The third-order valence-corrected chi connectivity index (χ3v) is 5.28.